The molecule has 0 aliphatic carbocycles. The van der Waals surface area contributed by atoms with Gasteiger partial charge in [-0.3, -0.25) is 9.59 Å². The Morgan fingerprint density at radius 3 is 2.52 bits per heavy atom. The van der Waals surface area contributed by atoms with Gasteiger partial charge in [0.25, 0.3) is 0 Å². The van der Waals surface area contributed by atoms with Crippen molar-refractivity contribution in [3.63, 3.8) is 0 Å². The van der Waals surface area contributed by atoms with Gasteiger partial charge >= 0.3 is 0 Å². The average molecular weight is 319 g/mol. The Bertz CT molecular complexity index is 573. The van der Waals surface area contributed by atoms with Crippen molar-refractivity contribution in [1.29, 1.82) is 0 Å². The van der Waals surface area contributed by atoms with Crippen molar-refractivity contribution in [3.8, 4) is 0 Å². The highest BCUT2D eigenvalue weighted by Gasteiger charge is 2.30. The zero-order chi connectivity index (χ0) is 17.0. The van der Waals surface area contributed by atoms with Crippen molar-refractivity contribution in [1.82, 2.24) is 25.0 Å². The largest absolute Gasteiger partial charge is 0.346 e. The smallest absolute Gasteiger partial charge is 0.245 e. The lowest BCUT2D eigenvalue weighted by molar-refractivity contribution is -0.132. The molecule has 1 aromatic rings. The number of aromatic nitrogens is 3. The molecule has 0 bridgehead atoms. The minimum Gasteiger partial charge on any atom is -0.346 e. The predicted octanol–water partition coefficient (Wildman–Crippen LogP) is 1.05. The van der Waals surface area contributed by atoms with E-state index in [1.165, 1.54) is 6.08 Å². The monoisotopic (exact) mass is 319 g/mol. The molecule has 7 heteroatoms. The number of rotatable bonds is 5. The van der Waals surface area contributed by atoms with Crippen LogP contribution in [0.2, 0.25) is 0 Å². The van der Waals surface area contributed by atoms with Crippen LogP contribution in [-0.4, -0.2) is 44.6 Å². The van der Waals surface area contributed by atoms with Crippen LogP contribution >= 0.6 is 0 Å². The summed E-state index contributed by atoms with van der Waals surface area (Å²) in [5.41, 5.74) is 0. The van der Waals surface area contributed by atoms with Gasteiger partial charge in [0, 0.05) is 26.1 Å². The van der Waals surface area contributed by atoms with E-state index in [2.05, 4.69) is 22.1 Å². The lowest BCUT2D eigenvalue weighted by atomic mass is 9.94. The fourth-order valence-corrected chi connectivity index (χ4v) is 2.87. The van der Waals surface area contributed by atoms with E-state index in [0.717, 1.165) is 5.82 Å². The second-order valence-electron chi connectivity index (χ2n) is 6.33. The maximum Gasteiger partial charge on any atom is 0.245 e. The highest BCUT2D eigenvalue weighted by Crippen LogP contribution is 2.23. The van der Waals surface area contributed by atoms with Crippen molar-refractivity contribution >= 4 is 11.8 Å². The van der Waals surface area contributed by atoms with Crippen LogP contribution in [0.5, 0.6) is 0 Å². The van der Waals surface area contributed by atoms with E-state index >= 15 is 0 Å². The number of amides is 2. The molecule has 1 aliphatic heterocycles. The molecule has 1 saturated heterocycles. The van der Waals surface area contributed by atoms with Gasteiger partial charge in [0.2, 0.25) is 11.8 Å². The molecule has 0 aromatic carbocycles. The third-order valence-electron chi connectivity index (χ3n) is 4.34. The second kappa shape index (κ2) is 7.39. The number of nitrogens with zero attached hydrogens (tertiary/aromatic N) is 4. The first-order valence-corrected chi connectivity index (χ1v) is 7.99. The van der Waals surface area contributed by atoms with Crippen LogP contribution in [0.3, 0.4) is 0 Å². The number of carbonyl (C=O) groups is 2. The minimum absolute atomic E-state index is 0.0254. The van der Waals surface area contributed by atoms with Crippen LogP contribution in [-0.2, 0) is 16.6 Å². The van der Waals surface area contributed by atoms with Crippen LogP contribution < -0.4 is 5.32 Å². The van der Waals surface area contributed by atoms with Gasteiger partial charge < -0.3 is 14.8 Å². The number of carbonyl (C=O) groups excluding carboxylic acids is 2. The maximum atomic E-state index is 12.6. The molecule has 2 rings (SSSR count). The SMILES string of the molecule is C=CC(=O)N1CCC(C(=O)NC(c2nncn2C)C(C)C)CC1. The number of nitrogens with one attached hydrogen (secondary N) is 1. The fraction of sp³-hybridized carbons (Fsp3) is 0.625. The van der Waals surface area contributed by atoms with E-state index in [1.54, 1.807) is 11.2 Å². The van der Waals surface area contributed by atoms with Gasteiger partial charge in [-0.2, -0.15) is 0 Å². The van der Waals surface area contributed by atoms with E-state index in [9.17, 15) is 9.59 Å². The summed E-state index contributed by atoms with van der Waals surface area (Å²) in [6, 6.07) is -0.164. The molecule has 1 N–H and O–H groups in total. The van der Waals surface area contributed by atoms with Crippen molar-refractivity contribution < 1.29 is 9.59 Å². The Hall–Kier alpha value is -2.18. The molecular formula is C16H25N5O2. The molecule has 126 valence electrons. The second-order valence-corrected chi connectivity index (χ2v) is 6.33. The molecule has 1 fully saturated rings. The summed E-state index contributed by atoms with van der Waals surface area (Å²) in [7, 11) is 1.87. The van der Waals surface area contributed by atoms with E-state index in [0.29, 0.717) is 25.9 Å². The summed E-state index contributed by atoms with van der Waals surface area (Å²) in [5, 5.41) is 11.1. The summed E-state index contributed by atoms with van der Waals surface area (Å²) in [5.74, 6) is 0.857. The van der Waals surface area contributed by atoms with E-state index in [4.69, 9.17) is 0 Å². The van der Waals surface area contributed by atoms with Crippen LogP contribution in [0.1, 0.15) is 38.6 Å². The molecule has 2 amide bonds. The quantitative estimate of drug-likeness (QED) is 0.823. The van der Waals surface area contributed by atoms with Crippen molar-refractivity contribution in [3.05, 3.63) is 24.8 Å². The number of likely N-dealkylation sites (tertiary alicyclic amines) is 1. The topological polar surface area (TPSA) is 80.1 Å². The van der Waals surface area contributed by atoms with Crippen molar-refractivity contribution in [2.24, 2.45) is 18.9 Å². The van der Waals surface area contributed by atoms with Gasteiger partial charge in [0.15, 0.2) is 5.82 Å². The minimum atomic E-state index is -0.164. The van der Waals surface area contributed by atoms with Gasteiger partial charge in [-0.05, 0) is 24.8 Å². The number of hydrogen-bond acceptors (Lipinski definition) is 4. The Labute approximate surface area is 136 Å². The van der Waals surface area contributed by atoms with Crippen LogP contribution in [0.4, 0.5) is 0 Å². The lowest BCUT2D eigenvalue weighted by Gasteiger charge is -2.32. The summed E-state index contributed by atoms with van der Waals surface area (Å²) in [6.07, 6.45) is 4.31. The molecule has 2 heterocycles. The third-order valence-corrected chi connectivity index (χ3v) is 4.34. The molecule has 0 saturated carbocycles. The van der Waals surface area contributed by atoms with Crippen molar-refractivity contribution in [2.45, 2.75) is 32.7 Å². The predicted molar refractivity (Wildman–Crippen MR) is 86.2 cm³/mol. The van der Waals surface area contributed by atoms with Gasteiger partial charge in [0.1, 0.15) is 6.33 Å². The summed E-state index contributed by atoms with van der Waals surface area (Å²) in [4.78, 5) is 25.9. The molecule has 23 heavy (non-hydrogen) atoms. The Morgan fingerprint density at radius 2 is 2.04 bits per heavy atom. The van der Waals surface area contributed by atoms with Crippen molar-refractivity contribution in [2.75, 3.05) is 13.1 Å². The molecule has 1 aromatic heterocycles. The summed E-state index contributed by atoms with van der Waals surface area (Å²) < 4.78 is 1.83. The normalized spacial score (nSPS) is 17.1. The summed E-state index contributed by atoms with van der Waals surface area (Å²) >= 11 is 0. The molecule has 7 nitrogen and oxygen atoms in total. The molecule has 1 atom stereocenters. The van der Waals surface area contributed by atoms with Gasteiger partial charge in [-0.15, -0.1) is 10.2 Å². The highest BCUT2D eigenvalue weighted by molar-refractivity contribution is 5.87. The Balaban J connectivity index is 1.97. The molecular weight excluding hydrogens is 294 g/mol. The van der Waals surface area contributed by atoms with Gasteiger partial charge in [-0.1, -0.05) is 20.4 Å². The number of hydrogen-bond donors (Lipinski definition) is 1. The first kappa shape index (κ1) is 17.2. The fourth-order valence-electron chi connectivity index (χ4n) is 2.87. The van der Waals surface area contributed by atoms with Crippen LogP contribution in [0.25, 0.3) is 0 Å². The zero-order valence-corrected chi connectivity index (χ0v) is 14.0. The number of piperidine rings is 1. The molecule has 1 aliphatic rings. The Kier molecular flexibility index (Phi) is 5.52. The maximum absolute atomic E-state index is 12.6. The molecule has 0 spiro atoms. The van der Waals surface area contributed by atoms with Gasteiger partial charge in [-0.25, -0.2) is 0 Å². The highest BCUT2D eigenvalue weighted by atomic mass is 16.2. The van der Waals surface area contributed by atoms with Gasteiger partial charge in [0.05, 0.1) is 6.04 Å². The Morgan fingerprint density at radius 1 is 1.39 bits per heavy atom. The molecule has 0 radical (unpaired) electrons. The van der Waals surface area contributed by atoms with Crippen LogP contribution in [0, 0.1) is 11.8 Å². The zero-order valence-electron chi connectivity index (χ0n) is 14.0. The summed E-state index contributed by atoms with van der Waals surface area (Å²) in [6.45, 7) is 8.79. The molecule has 1 unspecified atom stereocenters. The standard InChI is InChI=1S/C16H25N5O2/c1-5-13(22)21-8-6-12(7-9-21)16(23)18-14(11(2)3)15-19-17-10-20(15)4/h5,10-12,14H,1,6-9H2,2-4H3,(H,18,23). The lowest BCUT2D eigenvalue weighted by Crippen LogP contribution is -2.44. The van der Waals surface area contributed by atoms with Crippen LogP contribution in [0.15, 0.2) is 19.0 Å². The first-order valence-electron chi connectivity index (χ1n) is 7.99. The third kappa shape index (κ3) is 3.97. The average Bonchev–Trinajstić information content (AvgIpc) is 2.97. The number of aryl methyl sites for hydroxylation is 1. The first-order chi connectivity index (χ1) is 10.9. The van der Waals surface area contributed by atoms with E-state index in [1.807, 2.05) is 25.5 Å². The van der Waals surface area contributed by atoms with E-state index in [-0.39, 0.29) is 29.7 Å². The van der Waals surface area contributed by atoms with E-state index < -0.39 is 0 Å².